The Morgan fingerprint density at radius 2 is 1.95 bits per heavy atom. The molecule has 0 N–H and O–H groups in total. The van der Waals surface area contributed by atoms with Gasteiger partial charge in [0.15, 0.2) is 6.10 Å². The van der Waals surface area contributed by atoms with Crippen LogP contribution >= 0.6 is 0 Å². The maximum absolute atomic E-state index is 12.6. The van der Waals surface area contributed by atoms with Crippen LogP contribution in [0.25, 0.3) is 0 Å². The number of hydrogen-bond donors (Lipinski definition) is 0. The van der Waals surface area contributed by atoms with Crippen molar-refractivity contribution in [2.75, 3.05) is 32.9 Å². The average Bonchev–Trinajstić information content (AvgIpc) is 2.74. The smallest absolute Gasteiger partial charge is 0.254 e. The maximum Gasteiger partial charge on any atom is 0.254 e. The molecule has 3 atom stereocenters. The summed E-state index contributed by atoms with van der Waals surface area (Å²) in [5.74, 6) is 0.126. The van der Waals surface area contributed by atoms with Crippen molar-refractivity contribution in [3.8, 4) is 0 Å². The Morgan fingerprint density at radius 1 is 1.15 bits per heavy atom. The van der Waals surface area contributed by atoms with E-state index in [4.69, 9.17) is 9.47 Å². The number of rotatable bonds is 2. The van der Waals surface area contributed by atoms with Gasteiger partial charge >= 0.3 is 0 Å². The highest BCUT2D eigenvalue weighted by Gasteiger charge is 2.40. The van der Waals surface area contributed by atoms with Gasteiger partial charge in [-0.05, 0) is 33.1 Å². The number of hydrogen-bond acceptors (Lipinski definition) is 4. The van der Waals surface area contributed by atoms with Crippen LogP contribution < -0.4 is 0 Å². The van der Waals surface area contributed by atoms with Crippen molar-refractivity contribution in [1.82, 2.24) is 9.80 Å². The Labute approximate surface area is 121 Å². The number of likely N-dealkylation sites (tertiary alicyclic amines) is 1. The molecule has 114 valence electrons. The predicted octanol–water partition coefficient (Wildman–Crippen LogP) is 0.875. The summed E-state index contributed by atoms with van der Waals surface area (Å²) in [4.78, 5) is 17.2. The van der Waals surface area contributed by atoms with Gasteiger partial charge in [-0.1, -0.05) is 0 Å². The Hall–Kier alpha value is -0.650. The minimum absolute atomic E-state index is 0.126. The third-order valence-electron chi connectivity index (χ3n) is 4.84. The first-order chi connectivity index (χ1) is 9.66. The van der Waals surface area contributed by atoms with Gasteiger partial charge in [0.1, 0.15) is 0 Å². The van der Waals surface area contributed by atoms with Gasteiger partial charge in [0.25, 0.3) is 5.91 Å². The van der Waals surface area contributed by atoms with Crippen molar-refractivity contribution >= 4 is 5.91 Å². The summed E-state index contributed by atoms with van der Waals surface area (Å²) < 4.78 is 10.9. The van der Waals surface area contributed by atoms with Crippen LogP contribution in [-0.2, 0) is 14.3 Å². The highest BCUT2D eigenvalue weighted by Crippen LogP contribution is 2.32. The van der Waals surface area contributed by atoms with Crippen LogP contribution in [0, 0.1) is 0 Å². The zero-order valence-electron chi connectivity index (χ0n) is 12.6. The van der Waals surface area contributed by atoms with E-state index in [9.17, 15) is 4.79 Å². The number of ether oxygens (including phenoxy) is 2. The van der Waals surface area contributed by atoms with Crippen LogP contribution in [0.4, 0.5) is 0 Å². The van der Waals surface area contributed by atoms with Gasteiger partial charge in [-0.15, -0.1) is 0 Å². The Kier molecular flexibility index (Phi) is 4.29. The van der Waals surface area contributed by atoms with Crippen molar-refractivity contribution in [2.24, 2.45) is 0 Å². The SMILES string of the molecule is CC(C)N1[C@H]2CC[C@H]1CN(C(=O)[C@@H]1COCCO1)CC2. The van der Waals surface area contributed by atoms with Gasteiger partial charge < -0.3 is 14.4 Å². The molecule has 3 heterocycles. The molecule has 20 heavy (non-hydrogen) atoms. The molecular weight excluding hydrogens is 256 g/mol. The first kappa shape index (κ1) is 14.3. The van der Waals surface area contributed by atoms with Gasteiger partial charge in [-0.2, -0.15) is 0 Å². The molecule has 0 aromatic heterocycles. The lowest BCUT2D eigenvalue weighted by molar-refractivity contribution is -0.158. The van der Waals surface area contributed by atoms with E-state index < -0.39 is 0 Å². The molecular formula is C15H26N2O3. The zero-order chi connectivity index (χ0) is 14.1. The fourth-order valence-electron chi connectivity index (χ4n) is 3.99. The van der Waals surface area contributed by atoms with Crippen LogP contribution in [-0.4, -0.2) is 72.8 Å². The molecule has 1 amide bonds. The summed E-state index contributed by atoms with van der Waals surface area (Å²) in [6.07, 6.45) is 3.21. The fourth-order valence-corrected chi connectivity index (χ4v) is 3.99. The first-order valence-electron chi connectivity index (χ1n) is 7.92. The van der Waals surface area contributed by atoms with Crippen molar-refractivity contribution < 1.29 is 14.3 Å². The zero-order valence-corrected chi connectivity index (χ0v) is 12.6. The van der Waals surface area contributed by atoms with Crippen LogP contribution in [0.1, 0.15) is 33.1 Å². The molecule has 0 spiro atoms. The fraction of sp³-hybridized carbons (Fsp3) is 0.933. The summed E-state index contributed by atoms with van der Waals surface area (Å²) >= 11 is 0. The topological polar surface area (TPSA) is 42.0 Å². The summed E-state index contributed by atoms with van der Waals surface area (Å²) in [7, 11) is 0. The normalized spacial score (nSPS) is 35.4. The second kappa shape index (κ2) is 6.00. The van der Waals surface area contributed by atoms with Gasteiger partial charge in [-0.3, -0.25) is 9.69 Å². The van der Waals surface area contributed by atoms with Crippen LogP contribution in [0.5, 0.6) is 0 Å². The van der Waals surface area contributed by atoms with Crippen LogP contribution in [0.3, 0.4) is 0 Å². The second-order valence-electron chi connectivity index (χ2n) is 6.43. The number of amides is 1. The Morgan fingerprint density at radius 3 is 2.65 bits per heavy atom. The van der Waals surface area contributed by atoms with Crippen molar-refractivity contribution in [3.63, 3.8) is 0 Å². The molecule has 3 aliphatic rings. The number of carbonyl (C=O) groups excluding carboxylic acids is 1. The lowest BCUT2D eigenvalue weighted by Crippen LogP contribution is -2.49. The van der Waals surface area contributed by atoms with E-state index >= 15 is 0 Å². The Balaban J connectivity index is 1.66. The minimum atomic E-state index is -0.382. The second-order valence-corrected chi connectivity index (χ2v) is 6.43. The van der Waals surface area contributed by atoms with E-state index in [2.05, 4.69) is 18.7 Å². The summed E-state index contributed by atoms with van der Waals surface area (Å²) in [6, 6.07) is 1.74. The molecule has 3 rings (SSSR count). The van der Waals surface area contributed by atoms with Gasteiger partial charge in [0.05, 0.1) is 19.8 Å². The van der Waals surface area contributed by atoms with Crippen LogP contribution in [0.15, 0.2) is 0 Å². The number of carbonyl (C=O) groups is 1. The van der Waals surface area contributed by atoms with Crippen molar-refractivity contribution in [2.45, 2.75) is 57.3 Å². The monoisotopic (exact) mass is 282 g/mol. The highest BCUT2D eigenvalue weighted by atomic mass is 16.6. The van der Waals surface area contributed by atoms with Crippen molar-refractivity contribution in [1.29, 1.82) is 0 Å². The largest absolute Gasteiger partial charge is 0.376 e. The molecule has 2 bridgehead atoms. The predicted molar refractivity (Wildman–Crippen MR) is 75.5 cm³/mol. The minimum Gasteiger partial charge on any atom is -0.376 e. The van der Waals surface area contributed by atoms with E-state index in [1.54, 1.807) is 0 Å². The standard InChI is InChI=1S/C15H26N2O3/c1-11(2)17-12-3-4-13(17)9-16(6-5-12)15(18)14-10-19-7-8-20-14/h11-14H,3-10H2,1-2H3/t12-,13-,14-/m0/s1. The molecule has 5 nitrogen and oxygen atoms in total. The molecule has 3 aliphatic heterocycles. The lowest BCUT2D eigenvalue weighted by Gasteiger charge is -2.33. The molecule has 0 aliphatic carbocycles. The summed E-state index contributed by atoms with van der Waals surface area (Å²) in [5.41, 5.74) is 0. The molecule has 0 unspecified atom stereocenters. The quantitative estimate of drug-likeness (QED) is 0.754. The molecule has 3 saturated heterocycles. The van der Waals surface area contributed by atoms with E-state index in [-0.39, 0.29) is 12.0 Å². The number of fused-ring (bicyclic) bond motifs is 2. The van der Waals surface area contributed by atoms with E-state index in [1.807, 2.05) is 4.90 Å². The van der Waals surface area contributed by atoms with Crippen molar-refractivity contribution in [3.05, 3.63) is 0 Å². The van der Waals surface area contributed by atoms with Crippen LogP contribution in [0.2, 0.25) is 0 Å². The maximum atomic E-state index is 12.6. The molecule has 0 radical (unpaired) electrons. The Bertz CT molecular complexity index is 355. The number of nitrogens with zero attached hydrogens (tertiary/aromatic N) is 2. The summed E-state index contributed by atoms with van der Waals surface area (Å²) in [6.45, 7) is 7.81. The molecule has 5 heteroatoms. The highest BCUT2D eigenvalue weighted by molar-refractivity contribution is 5.81. The van der Waals surface area contributed by atoms with Gasteiger partial charge in [-0.25, -0.2) is 0 Å². The van der Waals surface area contributed by atoms with Gasteiger partial charge in [0.2, 0.25) is 0 Å². The molecule has 0 saturated carbocycles. The van der Waals surface area contributed by atoms with E-state index in [0.717, 1.165) is 19.5 Å². The average molecular weight is 282 g/mol. The third-order valence-corrected chi connectivity index (χ3v) is 4.84. The van der Waals surface area contributed by atoms with E-state index in [1.165, 1.54) is 12.8 Å². The summed E-state index contributed by atoms with van der Waals surface area (Å²) in [5, 5.41) is 0. The first-order valence-corrected chi connectivity index (χ1v) is 7.92. The van der Waals surface area contributed by atoms with Gasteiger partial charge in [0, 0.05) is 31.2 Å². The molecule has 0 aromatic carbocycles. The third kappa shape index (κ3) is 2.71. The molecule has 0 aromatic rings. The molecule has 3 fully saturated rings. The lowest BCUT2D eigenvalue weighted by atomic mass is 10.1. The van der Waals surface area contributed by atoms with E-state index in [0.29, 0.717) is 37.9 Å².